The standard InChI is InChI=1S/C17H22N2O/c1-6-16-12(2)17(18(4)13(16)3)10-9-14-7-8-15(11-20)19(14)5/h7-11H,6H2,1-5H3/b10-9+. The van der Waals surface area contributed by atoms with Gasteiger partial charge in [-0.15, -0.1) is 0 Å². The van der Waals surface area contributed by atoms with Gasteiger partial charge in [0, 0.05) is 31.2 Å². The summed E-state index contributed by atoms with van der Waals surface area (Å²) in [5.74, 6) is 0. The van der Waals surface area contributed by atoms with Crippen LogP contribution in [0.5, 0.6) is 0 Å². The third-order valence-corrected chi connectivity index (χ3v) is 4.22. The minimum atomic E-state index is 0.693. The van der Waals surface area contributed by atoms with Gasteiger partial charge in [-0.1, -0.05) is 6.92 Å². The van der Waals surface area contributed by atoms with E-state index in [4.69, 9.17) is 0 Å². The fourth-order valence-corrected chi connectivity index (χ4v) is 2.81. The first kappa shape index (κ1) is 14.4. The van der Waals surface area contributed by atoms with Gasteiger partial charge in [0.1, 0.15) is 0 Å². The van der Waals surface area contributed by atoms with E-state index >= 15 is 0 Å². The smallest absolute Gasteiger partial charge is 0.166 e. The molecular formula is C17H22N2O. The average molecular weight is 270 g/mol. The van der Waals surface area contributed by atoms with Crippen LogP contribution in [-0.4, -0.2) is 15.4 Å². The van der Waals surface area contributed by atoms with Crippen LogP contribution in [0.2, 0.25) is 0 Å². The van der Waals surface area contributed by atoms with Crippen LogP contribution in [0.15, 0.2) is 12.1 Å². The Bertz CT molecular complexity index is 672. The van der Waals surface area contributed by atoms with Crippen molar-refractivity contribution in [2.45, 2.75) is 27.2 Å². The van der Waals surface area contributed by atoms with Crippen molar-refractivity contribution in [1.82, 2.24) is 9.13 Å². The molecule has 0 unspecified atom stereocenters. The maximum Gasteiger partial charge on any atom is 0.166 e. The molecule has 0 aliphatic heterocycles. The Morgan fingerprint density at radius 2 is 1.70 bits per heavy atom. The van der Waals surface area contributed by atoms with Gasteiger partial charge < -0.3 is 9.13 Å². The average Bonchev–Trinajstić information content (AvgIpc) is 2.88. The van der Waals surface area contributed by atoms with Crippen LogP contribution < -0.4 is 0 Å². The van der Waals surface area contributed by atoms with E-state index in [-0.39, 0.29) is 0 Å². The number of aldehydes is 1. The molecule has 3 nitrogen and oxygen atoms in total. The summed E-state index contributed by atoms with van der Waals surface area (Å²) in [7, 11) is 4.01. The zero-order chi connectivity index (χ0) is 14.9. The van der Waals surface area contributed by atoms with E-state index in [1.807, 2.05) is 23.7 Å². The Morgan fingerprint density at radius 1 is 1.05 bits per heavy atom. The maximum atomic E-state index is 10.9. The summed E-state index contributed by atoms with van der Waals surface area (Å²) in [6.45, 7) is 6.53. The van der Waals surface area contributed by atoms with Gasteiger partial charge in [-0.3, -0.25) is 4.79 Å². The van der Waals surface area contributed by atoms with Crippen molar-refractivity contribution in [3.63, 3.8) is 0 Å². The van der Waals surface area contributed by atoms with E-state index in [0.29, 0.717) is 5.69 Å². The number of carbonyl (C=O) groups is 1. The fourth-order valence-electron chi connectivity index (χ4n) is 2.81. The van der Waals surface area contributed by atoms with Gasteiger partial charge in [0.15, 0.2) is 6.29 Å². The van der Waals surface area contributed by atoms with Crippen molar-refractivity contribution in [3.8, 4) is 0 Å². The van der Waals surface area contributed by atoms with Crippen molar-refractivity contribution in [2.75, 3.05) is 0 Å². The molecule has 0 aliphatic rings. The summed E-state index contributed by atoms with van der Waals surface area (Å²) < 4.78 is 4.13. The van der Waals surface area contributed by atoms with E-state index in [2.05, 4.69) is 44.5 Å². The fraction of sp³-hybridized carbons (Fsp3) is 0.353. The molecule has 0 bridgehead atoms. The summed E-state index contributed by atoms with van der Waals surface area (Å²) in [5, 5.41) is 0. The molecular weight excluding hydrogens is 248 g/mol. The molecule has 0 aromatic carbocycles. The highest BCUT2D eigenvalue weighted by Crippen LogP contribution is 2.23. The van der Waals surface area contributed by atoms with Crippen LogP contribution in [0.25, 0.3) is 12.2 Å². The molecule has 2 heterocycles. The van der Waals surface area contributed by atoms with Crippen LogP contribution in [-0.2, 0) is 20.5 Å². The van der Waals surface area contributed by atoms with Crippen molar-refractivity contribution in [2.24, 2.45) is 14.1 Å². The Hall–Kier alpha value is -2.03. The Morgan fingerprint density at radius 3 is 2.20 bits per heavy atom. The molecule has 0 amide bonds. The minimum absolute atomic E-state index is 0.693. The van der Waals surface area contributed by atoms with Crippen molar-refractivity contribution >= 4 is 18.4 Å². The zero-order valence-electron chi connectivity index (χ0n) is 12.9. The highest BCUT2D eigenvalue weighted by molar-refractivity contribution is 5.76. The van der Waals surface area contributed by atoms with Gasteiger partial charge in [-0.25, -0.2) is 0 Å². The first-order valence-corrected chi connectivity index (χ1v) is 6.95. The van der Waals surface area contributed by atoms with E-state index < -0.39 is 0 Å². The summed E-state index contributed by atoms with van der Waals surface area (Å²) in [5.41, 5.74) is 7.04. The first-order chi connectivity index (χ1) is 9.51. The molecule has 2 aromatic heterocycles. The second-order valence-corrected chi connectivity index (χ2v) is 5.18. The van der Waals surface area contributed by atoms with E-state index in [1.54, 1.807) is 0 Å². The molecule has 0 saturated heterocycles. The Labute approximate surface area is 120 Å². The molecule has 0 N–H and O–H groups in total. The molecule has 0 atom stereocenters. The van der Waals surface area contributed by atoms with Crippen LogP contribution in [0.4, 0.5) is 0 Å². The number of nitrogens with zero attached hydrogens (tertiary/aromatic N) is 2. The lowest BCUT2D eigenvalue weighted by Crippen LogP contribution is -1.97. The second kappa shape index (κ2) is 5.53. The van der Waals surface area contributed by atoms with E-state index in [0.717, 1.165) is 18.4 Å². The molecule has 0 radical (unpaired) electrons. The van der Waals surface area contributed by atoms with Gasteiger partial charge in [0.25, 0.3) is 0 Å². The van der Waals surface area contributed by atoms with E-state index in [1.165, 1.54) is 22.5 Å². The molecule has 0 aliphatic carbocycles. The Balaban J connectivity index is 2.41. The molecule has 0 saturated carbocycles. The van der Waals surface area contributed by atoms with Gasteiger partial charge in [0.2, 0.25) is 0 Å². The number of hydrogen-bond donors (Lipinski definition) is 0. The quantitative estimate of drug-likeness (QED) is 0.781. The predicted octanol–water partition coefficient (Wildman–Crippen LogP) is 3.53. The van der Waals surface area contributed by atoms with Gasteiger partial charge in [-0.2, -0.15) is 0 Å². The molecule has 0 fully saturated rings. The van der Waals surface area contributed by atoms with Crippen LogP contribution >= 0.6 is 0 Å². The van der Waals surface area contributed by atoms with Crippen LogP contribution in [0, 0.1) is 13.8 Å². The highest BCUT2D eigenvalue weighted by atomic mass is 16.1. The van der Waals surface area contributed by atoms with Crippen molar-refractivity contribution in [3.05, 3.63) is 46.0 Å². The highest BCUT2D eigenvalue weighted by Gasteiger charge is 2.11. The molecule has 0 spiro atoms. The summed E-state index contributed by atoms with van der Waals surface area (Å²) >= 11 is 0. The SMILES string of the molecule is CCc1c(C)c(/C=C/c2ccc(C=O)n2C)n(C)c1C. The monoisotopic (exact) mass is 270 g/mol. The molecule has 106 valence electrons. The zero-order valence-corrected chi connectivity index (χ0v) is 12.9. The second-order valence-electron chi connectivity index (χ2n) is 5.18. The minimum Gasteiger partial charge on any atom is -0.348 e. The van der Waals surface area contributed by atoms with Crippen molar-refractivity contribution in [1.29, 1.82) is 0 Å². The number of aromatic nitrogens is 2. The summed E-state index contributed by atoms with van der Waals surface area (Å²) in [6, 6.07) is 3.80. The van der Waals surface area contributed by atoms with Gasteiger partial charge in [-0.05, 0) is 55.7 Å². The van der Waals surface area contributed by atoms with Gasteiger partial charge >= 0.3 is 0 Å². The van der Waals surface area contributed by atoms with E-state index in [9.17, 15) is 4.79 Å². The molecule has 2 aromatic rings. The number of carbonyl (C=O) groups excluding carboxylic acids is 1. The third kappa shape index (κ3) is 2.24. The maximum absolute atomic E-state index is 10.9. The van der Waals surface area contributed by atoms with Crippen LogP contribution in [0.3, 0.4) is 0 Å². The number of rotatable bonds is 4. The topological polar surface area (TPSA) is 26.9 Å². The van der Waals surface area contributed by atoms with Crippen LogP contribution in [0.1, 0.15) is 45.6 Å². The summed E-state index contributed by atoms with van der Waals surface area (Å²) in [6.07, 6.45) is 6.13. The lowest BCUT2D eigenvalue weighted by molar-refractivity contribution is 0.111. The predicted molar refractivity (Wildman–Crippen MR) is 84.0 cm³/mol. The molecule has 3 heteroatoms. The summed E-state index contributed by atoms with van der Waals surface area (Å²) in [4.78, 5) is 10.9. The lowest BCUT2D eigenvalue weighted by atomic mass is 10.1. The Kier molecular flexibility index (Phi) is 3.98. The third-order valence-electron chi connectivity index (χ3n) is 4.22. The molecule has 20 heavy (non-hydrogen) atoms. The van der Waals surface area contributed by atoms with Gasteiger partial charge in [0.05, 0.1) is 5.69 Å². The largest absolute Gasteiger partial charge is 0.348 e. The number of hydrogen-bond acceptors (Lipinski definition) is 1. The van der Waals surface area contributed by atoms with Crippen molar-refractivity contribution < 1.29 is 4.79 Å². The molecule has 2 rings (SSSR count). The normalized spacial score (nSPS) is 11.4. The lowest BCUT2D eigenvalue weighted by Gasteiger charge is -2.02. The first-order valence-electron chi connectivity index (χ1n) is 6.95.